The second-order valence-corrected chi connectivity index (χ2v) is 13.8. The molecule has 0 atom stereocenters. The third-order valence-electron chi connectivity index (χ3n) is 10.9. The molecule has 0 fully saturated rings. The van der Waals surface area contributed by atoms with E-state index in [0.29, 0.717) is 5.56 Å². The summed E-state index contributed by atoms with van der Waals surface area (Å²) < 4.78 is 4.61. The molecule has 2 aromatic heterocycles. The lowest BCUT2D eigenvalue weighted by molar-refractivity contribution is -0.384. The molecule has 9 aromatic carbocycles. The molecule has 11 rings (SSSR count). The van der Waals surface area contributed by atoms with Crippen molar-refractivity contribution < 1.29 is 4.92 Å². The van der Waals surface area contributed by atoms with Crippen LogP contribution in [0.1, 0.15) is 0 Å². The number of para-hydroxylation sites is 2. The zero-order valence-electron chi connectivity index (χ0n) is 28.4. The van der Waals surface area contributed by atoms with Gasteiger partial charge in [-0.25, -0.2) is 0 Å². The van der Waals surface area contributed by atoms with Crippen LogP contribution in [0.4, 0.5) is 5.69 Å². The molecule has 0 saturated carbocycles. The fraction of sp³-hybridized carbons (Fsp3) is 0. The van der Waals surface area contributed by atoms with Crippen molar-refractivity contribution >= 4 is 81.6 Å². The van der Waals surface area contributed by atoms with E-state index in [9.17, 15) is 10.1 Å². The molecular weight excluding hydrogens is 651 g/mol. The van der Waals surface area contributed by atoms with Gasteiger partial charge in [0, 0.05) is 49.8 Å². The van der Waals surface area contributed by atoms with Crippen molar-refractivity contribution in [2.24, 2.45) is 0 Å². The maximum absolute atomic E-state index is 13.0. The Morgan fingerprint density at radius 3 is 1.81 bits per heavy atom. The minimum Gasteiger partial charge on any atom is -0.309 e. The predicted octanol–water partition coefficient (Wildman–Crippen LogP) is 12.9. The molecule has 0 amide bonds. The van der Waals surface area contributed by atoms with Crippen LogP contribution in [0.2, 0.25) is 0 Å². The van der Waals surface area contributed by atoms with Gasteiger partial charge in [0.05, 0.1) is 32.6 Å². The number of benzene rings is 9. The highest BCUT2D eigenvalue weighted by Gasteiger charge is 2.26. The molecule has 0 saturated heterocycles. The third-order valence-corrected chi connectivity index (χ3v) is 10.9. The lowest BCUT2D eigenvalue weighted by atomic mass is 9.93. The Bertz CT molecular complexity index is 3320. The predicted molar refractivity (Wildman–Crippen MR) is 220 cm³/mol. The SMILES string of the molecule is O=[N+]([O-])c1ccc(-n2c3ccccc3c3cc4ccccc4cc32)cc1-c1cc2ccccc2c2c1c1ccc3ccccc3c1n2-c1ccccc1. The fourth-order valence-electron chi connectivity index (χ4n) is 8.66. The van der Waals surface area contributed by atoms with Crippen molar-refractivity contribution in [2.75, 3.05) is 0 Å². The molecule has 0 aliphatic carbocycles. The van der Waals surface area contributed by atoms with Crippen LogP contribution < -0.4 is 0 Å². The number of aromatic nitrogens is 2. The largest absolute Gasteiger partial charge is 0.309 e. The van der Waals surface area contributed by atoms with E-state index >= 15 is 0 Å². The molecule has 0 radical (unpaired) electrons. The van der Waals surface area contributed by atoms with Crippen LogP contribution >= 0.6 is 0 Å². The summed E-state index contributed by atoms with van der Waals surface area (Å²) >= 11 is 0. The van der Waals surface area contributed by atoms with Crippen molar-refractivity contribution in [2.45, 2.75) is 0 Å². The molecule has 5 heteroatoms. The summed E-state index contributed by atoms with van der Waals surface area (Å²) in [5.74, 6) is 0. The molecular formula is C48H29N3O2. The maximum atomic E-state index is 13.0. The number of hydrogen-bond donors (Lipinski definition) is 0. The minimum absolute atomic E-state index is 0.0675. The first-order valence-electron chi connectivity index (χ1n) is 17.8. The molecule has 0 bridgehead atoms. The van der Waals surface area contributed by atoms with Crippen molar-refractivity contribution in [3.63, 3.8) is 0 Å². The number of nitro groups is 1. The van der Waals surface area contributed by atoms with Gasteiger partial charge < -0.3 is 9.13 Å². The number of rotatable bonds is 4. The summed E-state index contributed by atoms with van der Waals surface area (Å²) in [6, 6.07) is 60.7. The van der Waals surface area contributed by atoms with Gasteiger partial charge in [-0.15, -0.1) is 0 Å². The van der Waals surface area contributed by atoms with Gasteiger partial charge >= 0.3 is 0 Å². The van der Waals surface area contributed by atoms with Gasteiger partial charge in [0.1, 0.15) is 0 Å². The van der Waals surface area contributed by atoms with Crippen molar-refractivity contribution in [3.05, 3.63) is 186 Å². The minimum atomic E-state index is -0.245. The van der Waals surface area contributed by atoms with Crippen LogP contribution in [0.3, 0.4) is 0 Å². The molecule has 0 N–H and O–H groups in total. The first-order valence-corrected chi connectivity index (χ1v) is 17.8. The van der Waals surface area contributed by atoms with Crippen molar-refractivity contribution in [1.82, 2.24) is 9.13 Å². The van der Waals surface area contributed by atoms with Crippen LogP contribution in [0.15, 0.2) is 176 Å². The van der Waals surface area contributed by atoms with Gasteiger partial charge in [-0.3, -0.25) is 10.1 Å². The molecule has 0 unspecified atom stereocenters. The van der Waals surface area contributed by atoms with Crippen molar-refractivity contribution in [3.8, 4) is 22.5 Å². The summed E-state index contributed by atoms with van der Waals surface area (Å²) in [5.41, 5.74) is 7.58. The summed E-state index contributed by atoms with van der Waals surface area (Å²) in [6.45, 7) is 0. The number of fused-ring (bicyclic) bond motifs is 11. The Morgan fingerprint density at radius 2 is 1.04 bits per heavy atom. The van der Waals surface area contributed by atoms with Crippen LogP contribution in [0.25, 0.3) is 98.4 Å². The molecule has 0 aliphatic heterocycles. The normalized spacial score (nSPS) is 11.9. The molecule has 248 valence electrons. The van der Waals surface area contributed by atoms with Crippen LogP contribution in [0, 0.1) is 10.1 Å². The van der Waals surface area contributed by atoms with E-state index in [4.69, 9.17) is 0 Å². The highest BCUT2D eigenvalue weighted by atomic mass is 16.6. The molecule has 11 aromatic rings. The fourth-order valence-corrected chi connectivity index (χ4v) is 8.66. The van der Waals surface area contributed by atoms with Gasteiger partial charge in [-0.1, -0.05) is 121 Å². The molecule has 0 aliphatic rings. The number of hydrogen-bond acceptors (Lipinski definition) is 2. The summed E-state index contributed by atoms with van der Waals surface area (Å²) in [6.07, 6.45) is 0. The lowest BCUT2D eigenvalue weighted by Gasteiger charge is -2.14. The zero-order valence-corrected chi connectivity index (χ0v) is 28.4. The molecule has 2 heterocycles. The van der Waals surface area contributed by atoms with E-state index in [1.165, 1.54) is 5.39 Å². The second kappa shape index (κ2) is 11.1. The average Bonchev–Trinajstić information content (AvgIpc) is 3.73. The summed E-state index contributed by atoms with van der Waals surface area (Å²) in [5, 5.41) is 24.0. The van der Waals surface area contributed by atoms with Crippen LogP contribution in [0.5, 0.6) is 0 Å². The quantitative estimate of drug-likeness (QED) is 0.137. The Balaban J connectivity index is 1.31. The van der Waals surface area contributed by atoms with Gasteiger partial charge in [-0.2, -0.15) is 0 Å². The van der Waals surface area contributed by atoms with Crippen LogP contribution in [-0.4, -0.2) is 14.1 Å². The average molecular weight is 680 g/mol. The van der Waals surface area contributed by atoms with E-state index in [1.54, 1.807) is 6.07 Å². The Morgan fingerprint density at radius 1 is 0.396 bits per heavy atom. The first-order chi connectivity index (χ1) is 26.1. The van der Waals surface area contributed by atoms with Crippen molar-refractivity contribution in [1.29, 1.82) is 0 Å². The van der Waals surface area contributed by atoms with E-state index in [1.807, 2.05) is 24.3 Å². The molecule has 5 nitrogen and oxygen atoms in total. The van der Waals surface area contributed by atoms with E-state index in [0.717, 1.165) is 87.5 Å². The first kappa shape index (κ1) is 29.5. The summed E-state index contributed by atoms with van der Waals surface area (Å²) in [7, 11) is 0. The van der Waals surface area contributed by atoms with Crippen LogP contribution in [-0.2, 0) is 0 Å². The molecule has 53 heavy (non-hydrogen) atoms. The van der Waals surface area contributed by atoms with Gasteiger partial charge in [0.15, 0.2) is 0 Å². The smallest absolute Gasteiger partial charge is 0.277 e. The summed E-state index contributed by atoms with van der Waals surface area (Å²) in [4.78, 5) is 12.8. The van der Waals surface area contributed by atoms with Gasteiger partial charge in [-0.05, 0) is 75.6 Å². The number of nitro benzene ring substituents is 1. The van der Waals surface area contributed by atoms with E-state index < -0.39 is 0 Å². The highest BCUT2D eigenvalue weighted by molar-refractivity contribution is 6.28. The Kier molecular flexibility index (Phi) is 6.19. The Hall–Kier alpha value is -7.24. The topological polar surface area (TPSA) is 53.0 Å². The van der Waals surface area contributed by atoms with Gasteiger partial charge in [0.25, 0.3) is 5.69 Å². The molecule has 0 spiro atoms. The highest BCUT2D eigenvalue weighted by Crippen LogP contribution is 2.47. The Labute approximate surface area is 303 Å². The number of nitrogens with zero attached hydrogens (tertiary/aromatic N) is 3. The second-order valence-electron chi connectivity index (χ2n) is 13.8. The monoisotopic (exact) mass is 679 g/mol. The lowest BCUT2D eigenvalue weighted by Crippen LogP contribution is -1.99. The third kappa shape index (κ3) is 4.25. The van der Waals surface area contributed by atoms with E-state index in [2.05, 4.69) is 155 Å². The maximum Gasteiger partial charge on any atom is 0.277 e. The standard InChI is InChI=1S/C48H29N3O2/c52-51(53)44-25-23-35(49-43-21-11-10-20-38(43)40-26-31-13-4-5-14-32(31)28-45(40)49)29-41(44)42-27-33-15-7-9-19-37(33)48-46(42)39-24-22-30-12-6-8-18-36(30)47(39)50(48)34-16-2-1-3-17-34/h1-29H. The van der Waals surface area contributed by atoms with E-state index in [-0.39, 0.29) is 10.6 Å². The zero-order chi connectivity index (χ0) is 35.2. The van der Waals surface area contributed by atoms with Gasteiger partial charge in [0.2, 0.25) is 0 Å².